The van der Waals surface area contributed by atoms with Crippen LogP contribution in [0.3, 0.4) is 0 Å². The van der Waals surface area contributed by atoms with E-state index in [0.717, 1.165) is 6.42 Å². The molecule has 0 aromatic carbocycles. The lowest BCUT2D eigenvalue weighted by atomic mass is 10.3. The van der Waals surface area contributed by atoms with E-state index < -0.39 is 0 Å². The summed E-state index contributed by atoms with van der Waals surface area (Å²) in [5, 5.41) is 2.78. The largest absolute Gasteiger partial charge is 0.352 e. The van der Waals surface area contributed by atoms with Gasteiger partial charge in [0.2, 0.25) is 0 Å². The summed E-state index contributed by atoms with van der Waals surface area (Å²) < 4.78 is 0.961. The van der Waals surface area contributed by atoms with Crippen molar-refractivity contribution in [3.63, 3.8) is 0 Å². The zero-order valence-corrected chi connectivity index (χ0v) is 11.9. The number of alkyl halides is 1. The molecular weight excluding hydrogens is 321 g/mol. The van der Waals surface area contributed by atoms with Crippen molar-refractivity contribution in [2.45, 2.75) is 18.2 Å². The van der Waals surface area contributed by atoms with Gasteiger partial charge >= 0.3 is 0 Å². The molecule has 0 aliphatic heterocycles. The van der Waals surface area contributed by atoms with Crippen LogP contribution in [0.2, 0.25) is 8.67 Å². The summed E-state index contributed by atoms with van der Waals surface area (Å²) in [7, 11) is 0. The van der Waals surface area contributed by atoms with Crippen molar-refractivity contribution in [2.24, 2.45) is 0 Å². The summed E-state index contributed by atoms with van der Waals surface area (Å²) in [5.41, 5.74) is 0.453. The molecule has 1 unspecified atom stereocenters. The van der Waals surface area contributed by atoms with Gasteiger partial charge in [-0.25, -0.2) is 0 Å². The van der Waals surface area contributed by atoms with Gasteiger partial charge in [0.25, 0.3) is 5.91 Å². The third-order valence-electron chi connectivity index (χ3n) is 1.73. The Balaban J connectivity index is 2.50. The molecular formula is C9H10BrCl2NOS. The molecule has 0 saturated carbocycles. The van der Waals surface area contributed by atoms with E-state index in [1.54, 1.807) is 6.07 Å². The highest BCUT2D eigenvalue weighted by Gasteiger charge is 2.13. The quantitative estimate of drug-likeness (QED) is 0.832. The SMILES string of the molecule is CC(Br)CCNC(=O)c1cc(Cl)sc1Cl. The van der Waals surface area contributed by atoms with Gasteiger partial charge in [-0.15, -0.1) is 11.3 Å². The first-order valence-electron chi connectivity index (χ1n) is 4.38. The summed E-state index contributed by atoms with van der Waals surface area (Å²) >= 11 is 16.2. The van der Waals surface area contributed by atoms with E-state index in [9.17, 15) is 4.79 Å². The molecule has 1 heterocycles. The minimum absolute atomic E-state index is 0.170. The molecule has 0 aliphatic rings. The van der Waals surface area contributed by atoms with Crippen molar-refractivity contribution >= 4 is 56.4 Å². The van der Waals surface area contributed by atoms with Gasteiger partial charge in [0.15, 0.2) is 0 Å². The van der Waals surface area contributed by atoms with Gasteiger partial charge in [0.1, 0.15) is 4.34 Å². The van der Waals surface area contributed by atoms with Crippen LogP contribution in [0.5, 0.6) is 0 Å². The lowest BCUT2D eigenvalue weighted by Gasteiger charge is -2.05. The monoisotopic (exact) mass is 329 g/mol. The molecule has 2 nitrogen and oxygen atoms in total. The first-order valence-corrected chi connectivity index (χ1v) is 6.86. The molecule has 0 bridgehead atoms. The predicted molar refractivity (Wildman–Crippen MR) is 69.7 cm³/mol. The molecule has 0 aliphatic carbocycles. The first-order chi connectivity index (χ1) is 7.00. The Hall–Kier alpha value is 0.230. The Kier molecular flexibility index (Phi) is 5.39. The van der Waals surface area contributed by atoms with Crippen LogP contribution in [0.4, 0.5) is 0 Å². The lowest BCUT2D eigenvalue weighted by molar-refractivity contribution is 0.0954. The molecule has 0 fully saturated rings. The second-order valence-electron chi connectivity index (χ2n) is 3.06. The number of halogens is 3. The average Bonchev–Trinajstić information content (AvgIpc) is 2.44. The number of hydrogen-bond donors (Lipinski definition) is 1. The Labute approximate surface area is 111 Å². The number of hydrogen-bond acceptors (Lipinski definition) is 2. The topological polar surface area (TPSA) is 29.1 Å². The van der Waals surface area contributed by atoms with Crippen LogP contribution in [0.25, 0.3) is 0 Å². The van der Waals surface area contributed by atoms with Crippen LogP contribution in [0, 0.1) is 0 Å². The van der Waals surface area contributed by atoms with Gasteiger partial charge in [0.05, 0.1) is 9.90 Å². The van der Waals surface area contributed by atoms with Crippen LogP contribution in [-0.2, 0) is 0 Å². The van der Waals surface area contributed by atoms with E-state index >= 15 is 0 Å². The van der Waals surface area contributed by atoms with Gasteiger partial charge in [-0.1, -0.05) is 46.1 Å². The van der Waals surface area contributed by atoms with Gasteiger partial charge in [-0.05, 0) is 12.5 Å². The normalized spacial score (nSPS) is 12.5. The second kappa shape index (κ2) is 6.09. The van der Waals surface area contributed by atoms with Crippen LogP contribution in [-0.4, -0.2) is 17.3 Å². The number of carbonyl (C=O) groups excluding carboxylic acids is 1. The lowest BCUT2D eigenvalue weighted by Crippen LogP contribution is -2.25. The molecule has 1 atom stereocenters. The highest BCUT2D eigenvalue weighted by molar-refractivity contribution is 9.09. The van der Waals surface area contributed by atoms with E-state index in [1.807, 2.05) is 6.92 Å². The Morgan fingerprint density at radius 3 is 2.80 bits per heavy atom. The Bertz CT molecular complexity index is 354. The summed E-state index contributed by atoms with van der Waals surface area (Å²) in [6.45, 7) is 2.65. The molecule has 0 saturated heterocycles. The fraction of sp³-hybridized carbons (Fsp3) is 0.444. The maximum Gasteiger partial charge on any atom is 0.253 e. The highest BCUT2D eigenvalue weighted by atomic mass is 79.9. The number of nitrogens with one attached hydrogen (secondary N) is 1. The summed E-state index contributed by atoms with van der Waals surface area (Å²) in [5.74, 6) is -0.170. The van der Waals surface area contributed by atoms with Gasteiger partial charge in [0, 0.05) is 11.4 Å². The molecule has 1 aromatic rings. The smallest absolute Gasteiger partial charge is 0.253 e. The van der Waals surface area contributed by atoms with Crippen molar-refractivity contribution in [2.75, 3.05) is 6.54 Å². The zero-order valence-electron chi connectivity index (χ0n) is 8.02. The second-order valence-corrected chi connectivity index (χ2v) is 6.91. The number of carbonyl (C=O) groups is 1. The van der Waals surface area contributed by atoms with E-state index in [0.29, 0.717) is 25.6 Å². The van der Waals surface area contributed by atoms with Gasteiger partial charge in [-0.2, -0.15) is 0 Å². The average molecular weight is 331 g/mol. The van der Waals surface area contributed by atoms with Crippen molar-refractivity contribution in [1.29, 1.82) is 0 Å². The van der Waals surface area contributed by atoms with Crippen molar-refractivity contribution < 1.29 is 4.79 Å². The molecule has 0 radical (unpaired) electrons. The number of rotatable bonds is 4. The number of amides is 1. The van der Waals surface area contributed by atoms with Gasteiger partial charge in [-0.3, -0.25) is 4.79 Å². The summed E-state index contributed by atoms with van der Waals surface area (Å²) in [4.78, 5) is 12.0. The van der Waals surface area contributed by atoms with Crippen molar-refractivity contribution in [3.8, 4) is 0 Å². The fourth-order valence-corrected chi connectivity index (χ4v) is 2.66. The Morgan fingerprint density at radius 2 is 2.33 bits per heavy atom. The zero-order chi connectivity index (χ0) is 11.4. The van der Waals surface area contributed by atoms with Crippen molar-refractivity contribution in [3.05, 3.63) is 20.3 Å². The maximum atomic E-state index is 11.6. The minimum Gasteiger partial charge on any atom is -0.352 e. The number of thiophene rings is 1. The minimum atomic E-state index is -0.170. The Morgan fingerprint density at radius 1 is 1.67 bits per heavy atom. The molecule has 84 valence electrons. The van der Waals surface area contributed by atoms with Crippen LogP contribution in [0.1, 0.15) is 23.7 Å². The van der Waals surface area contributed by atoms with Gasteiger partial charge < -0.3 is 5.32 Å². The molecule has 1 aromatic heterocycles. The van der Waals surface area contributed by atoms with E-state index in [1.165, 1.54) is 11.3 Å². The van der Waals surface area contributed by atoms with Crippen LogP contribution < -0.4 is 5.32 Å². The standard InChI is InChI=1S/C9H10BrCl2NOS/c1-5(10)2-3-13-9(14)6-4-7(11)15-8(6)12/h4-5H,2-3H2,1H3,(H,13,14). The first kappa shape index (κ1) is 13.3. The molecule has 0 spiro atoms. The van der Waals surface area contributed by atoms with E-state index in [2.05, 4.69) is 21.2 Å². The maximum absolute atomic E-state index is 11.6. The van der Waals surface area contributed by atoms with Crippen LogP contribution in [0.15, 0.2) is 6.07 Å². The summed E-state index contributed by atoms with van der Waals surface area (Å²) in [6.07, 6.45) is 0.876. The highest BCUT2D eigenvalue weighted by Crippen LogP contribution is 2.30. The third-order valence-corrected chi connectivity index (χ3v) is 3.67. The van der Waals surface area contributed by atoms with E-state index in [4.69, 9.17) is 23.2 Å². The molecule has 15 heavy (non-hydrogen) atoms. The van der Waals surface area contributed by atoms with Crippen LogP contribution >= 0.6 is 50.5 Å². The summed E-state index contributed by atoms with van der Waals surface area (Å²) in [6, 6.07) is 1.58. The van der Waals surface area contributed by atoms with E-state index in [-0.39, 0.29) is 5.91 Å². The molecule has 6 heteroatoms. The molecule has 1 rings (SSSR count). The molecule has 1 N–H and O–H groups in total. The van der Waals surface area contributed by atoms with Crippen molar-refractivity contribution in [1.82, 2.24) is 5.32 Å². The fourth-order valence-electron chi connectivity index (χ4n) is 0.975. The predicted octanol–water partition coefficient (Wildman–Crippen LogP) is 3.96. The molecule has 1 amide bonds. The third kappa shape index (κ3) is 4.31.